The molecule has 2 aromatic heterocycles. The molecule has 0 saturated carbocycles. The highest BCUT2D eigenvalue weighted by molar-refractivity contribution is 6.30. The zero-order valence-corrected chi connectivity index (χ0v) is 15.8. The molecular formula is C21H18ClN5O. The molecule has 0 aliphatic heterocycles. The Labute approximate surface area is 167 Å². The van der Waals surface area contributed by atoms with Crippen molar-refractivity contribution in [1.29, 1.82) is 0 Å². The summed E-state index contributed by atoms with van der Waals surface area (Å²) < 4.78 is 3.58. The van der Waals surface area contributed by atoms with Gasteiger partial charge in [-0.3, -0.25) is 4.79 Å². The van der Waals surface area contributed by atoms with Gasteiger partial charge in [-0.05, 0) is 35.4 Å². The van der Waals surface area contributed by atoms with Crippen LogP contribution in [0.1, 0.15) is 21.6 Å². The van der Waals surface area contributed by atoms with Gasteiger partial charge in [0.05, 0.1) is 6.54 Å². The fourth-order valence-electron chi connectivity index (χ4n) is 2.92. The van der Waals surface area contributed by atoms with E-state index in [0.717, 1.165) is 11.1 Å². The van der Waals surface area contributed by atoms with Gasteiger partial charge in [0.1, 0.15) is 0 Å². The molecule has 4 rings (SSSR count). The molecule has 0 spiro atoms. The number of amides is 1. The van der Waals surface area contributed by atoms with Crippen molar-refractivity contribution in [3.63, 3.8) is 0 Å². The number of nitrogens with one attached hydrogen (secondary N) is 1. The fraction of sp³-hybridized carbons (Fsp3) is 0.0952. The lowest BCUT2D eigenvalue weighted by atomic mass is 10.2. The van der Waals surface area contributed by atoms with Gasteiger partial charge in [0.2, 0.25) is 0 Å². The average Bonchev–Trinajstić information content (AvgIpc) is 3.38. The van der Waals surface area contributed by atoms with Crippen molar-refractivity contribution in [3.8, 4) is 5.82 Å². The van der Waals surface area contributed by atoms with Gasteiger partial charge in [-0.1, -0.05) is 59.3 Å². The van der Waals surface area contributed by atoms with Gasteiger partial charge >= 0.3 is 0 Å². The lowest BCUT2D eigenvalue weighted by Crippen LogP contribution is -2.25. The van der Waals surface area contributed by atoms with Crippen molar-refractivity contribution >= 4 is 17.5 Å². The van der Waals surface area contributed by atoms with Crippen LogP contribution in [0.3, 0.4) is 0 Å². The summed E-state index contributed by atoms with van der Waals surface area (Å²) in [6.45, 7) is 0.901. The van der Waals surface area contributed by atoms with Crippen LogP contribution in [0, 0.1) is 0 Å². The minimum atomic E-state index is -0.280. The van der Waals surface area contributed by atoms with Crippen LogP contribution in [0.2, 0.25) is 5.02 Å². The van der Waals surface area contributed by atoms with E-state index in [2.05, 4.69) is 15.6 Å². The Hall–Kier alpha value is -3.38. The van der Waals surface area contributed by atoms with E-state index in [1.54, 1.807) is 16.8 Å². The fourth-order valence-corrected chi connectivity index (χ4v) is 3.04. The molecule has 0 aliphatic carbocycles. The number of nitrogens with zero attached hydrogens (tertiary/aromatic N) is 4. The normalized spacial score (nSPS) is 10.8. The van der Waals surface area contributed by atoms with E-state index in [1.807, 2.05) is 71.6 Å². The second-order valence-electron chi connectivity index (χ2n) is 6.30. The van der Waals surface area contributed by atoms with Crippen LogP contribution in [-0.2, 0) is 13.1 Å². The Morgan fingerprint density at radius 1 is 0.929 bits per heavy atom. The molecule has 0 bridgehead atoms. The quantitative estimate of drug-likeness (QED) is 0.545. The lowest BCUT2D eigenvalue weighted by Gasteiger charge is -2.10. The third-order valence-corrected chi connectivity index (χ3v) is 4.57. The molecule has 6 nitrogen and oxygen atoms in total. The van der Waals surface area contributed by atoms with Crippen LogP contribution in [0.15, 0.2) is 79.1 Å². The summed E-state index contributed by atoms with van der Waals surface area (Å²) in [6.07, 6.45) is 3.74. The van der Waals surface area contributed by atoms with Crippen LogP contribution in [0.4, 0.5) is 0 Å². The van der Waals surface area contributed by atoms with E-state index in [9.17, 15) is 4.79 Å². The molecule has 28 heavy (non-hydrogen) atoms. The minimum Gasteiger partial charge on any atom is -0.346 e. The predicted octanol–water partition coefficient (Wildman–Crippen LogP) is 3.70. The number of hydrogen-bond acceptors (Lipinski definition) is 3. The van der Waals surface area contributed by atoms with Crippen molar-refractivity contribution < 1.29 is 4.79 Å². The molecule has 1 amide bonds. The van der Waals surface area contributed by atoms with Crippen molar-refractivity contribution in [3.05, 3.63) is 101 Å². The summed E-state index contributed by atoms with van der Waals surface area (Å²) in [7, 11) is 0. The van der Waals surface area contributed by atoms with Gasteiger partial charge in [0, 0.05) is 24.0 Å². The second-order valence-corrected chi connectivity index (χ2v) is 6.74. The first kappa shape index (κ1) is 18.0. The van der Waals surface area contributed by atoms with E-state index in [1.165, 1.54) is 0 Å². The molecule has 2 heterocycles. The summed E-state index contributed by atoms with van der Waals surface area (Å²) in [5, 5.41) is 11.9. The second kappa shape index (κ2) is 8.10. The molecular weight excluding hydrogens is 374 g/mol. The van der Waals surface area contributed by atoms with E-state index >= 15 is 0 Å². The molecule has 0 saturated heterocycles. The molecule has 2 aromatic carbocycles. The van der Waals surface area contributed by atoms with Crippen molar-refractivity contribution in [1.82, 2.24) is 24.9 Å². The van der Waals surface area contributed by atoms with Gasteiger partial charge in [-0.15, -0.1) is 5.10 Å². The first-order chi connectivity index (χ1) is 13.7. The van der Waals surface area contributed by atoms with E-state index < -0.39 is 0 Å². The highest BCUT2D eigenvalue weighted by Crippen LogP contribution is 2.15. The number of carbonyl (C=O) groups is 1. The van der Waals surface area contributed by atoms with Gasteiger partial charge in [0.25, 0.3) is 5.91 Å². The van der Waals surface area contributed by atoms with E-state index in [-0.39, 0.29) is 11.6 Å². The van der Waals surface area contributed by atoms with Crippen LogP contribution >= 0.6 is 11.6 Å². The maximum atomic E-state index is 12.8. The zero-order chi connectivity index (χ0) is 19.3. The van der Waals surface area contributed by atoms with Gasteiger partial charge < -0.3 is 9.88 Å². The SMILES string of the molecule is O=C(NCc1ccc(Cl)cc1)c1nnn(Cc2ccccc2)c1-n1cccc1. The minimum absolute atomic E-state index is 0.279. The number of aromatic nitrogens is 4. The molecule has 0 atom stereocenters. The first-order valence-corrected chi connectivity index (χ1v) is 9.22. The monoisotopic (exact) mass is 391 g/mol. The Balaban J connectivity index is 1.59. The molecule has 1 N–H and O–H groups in total. The Morgan fingerprint density at radius 3 is 2.36 bits per heavy atom. The third-order valence-electron chi connectivity index (χ3n) is 4.31. The largest absolute Gasteiger partial charge is 0.346 e. The summed E-state index contributed by atoms with van der Waals surface area (Å²) in [4.78, 5) is 12.8. The Bertz CT molecular complexity index is 1060. The third kappa shape index (κ3) is 3.97. The number of halogens is 1. The molecule has 7 heteroatoms. The maximum Gasteiger partial charge on any atom is 0.276 e. The summed E-state index contributed by atoms with van der Waals surface area (Å²) in [5.74, 6) is 0.348. The number of hydrogen-bond donors (Lipinski definition) is 1. The Morgan fingerprint density at radius 2 is 1.64 bits per heavy atom. The smallest absolute Gasteiger partial charge is 0.276 e. The van der Waals surface area contributed by atoms with E-state index in [4.69, 9.17) is 11.6 Å². The standard InChI is InChI=1S/C21H18ClN5O/c22-18-10-8-16(9-11-18)14-23-20(28)19-21(26-12-4-5-13-26)27(25-24-19)15-17-6-2-1-3-7-17/h1-13H,14-15H2,(H,23,28). The lowest BCUT2D eigenvalue weighted by molar-refractivity contribution is 0.0946. The molecule has 0 aliphatic rings. The van der Waals surface area contributed by atoms with Crippen molar-refractivity contribution in [2.75, 3.05) is 0 Å². The summed E-state index contributed by atoms with van der Waals surface area (Å²) in [6, 6.07) is 21.1. The van der Waals surface area contributed by atoms with Crippen molar-refractivity contribution in [2.45, 2.75) is 13.1 Å². The first-order valence-electron chi connectivity index (χ1n) is 8.84. The van der Waals surface area contributed by atoms with Crippen LogP contribution in [0.5, 0.6) is 0 Å². The highest BCUT2D eigenvalue weighted by atomic mass is 35.5. The van der Waals surface area contributed by atoms with Gasteiger partial charge in [-0.25, -0.2) is 4.68 Å². The maximum absolute atomic E-state index is 12.8. The van der Waals surface area contributed by atoms with Gasteiger partial charge in [-0.2, -0.15) is 0 Å². The molecule has 0 radical (unpaired) electrons. The number of rotatable bonds is 6. The average molecular weight is 392 g/mol. The molecule has 0 unspecified atom stereocenters. The Kier molecular flexibility index (Phi) is 5.21. The topological polar surface area (TPSA) is 64.7 Å². The number of benzene rings is 2. The number of carbonyl (C=O) groups excluding carboxylic acids is 1. The van der Waals surface area contributed by atoms with Crippen LogP contribution < -0.4 is 5.32 Å². The zero-order valence-electron chi connectivity index (χ0n) is 15.0. The highest BCUT2D eigenvalue weighted by Gasteiger charge is 2.21. The molecule has 0 fully saturated rings. The molecule has 140 valence electrons. The van der Waals surface area contributed by atoms with Crippen LogP contribution in [0.25, 0.3) is 5.82 Å². The summed E-state index contributed by atoms with van der Waals surface area (Å²) >= 11 is 5.91. The summed E-state index contributed by atoms with van der Waals surface area (Å²) in [5.41, 5.74) is 2.31. The van der Waals surface area contributed by atoms with Crippen molar-refractivity contribution in [2.24, 2.45) is 0 Å². The predicted molar refractivity (Wildman–Crippen MR) is 108 cm³/mol. The molecule has 4 aromatic rings. The van der Waals surface area contributed by atoms with Gasteiger partial charge in [0.15, 0.2) is 11.5 Å². The van der Waals surface area contributed by atoms with Crippen LogP contribution in [-0.4, -0.2) is 25.5 Å². The van der Waals surface area contributed by atoms with E-state index in [0.29, 0.717) is 23.9 Å².